The van der Waals surface area contributed by atoms with E-state index in [1.165, 1.54) is 18.4 Å². The Morgan fingerprint density at radius 1 is 1.31 bits per heavy atom. The third-order valence-electron chi connectivity index (χ3n) is 2.83. The highest BCUT2D eigenvalue weighted by Crippen LogP contribution is 2.10. The Labute approximate surface area is 100 Å². The van der Waals surface area contributed by atoms with Crippen LogP contribution in [-0.4, -0.2) is 10.6 Å². The number of hydrogen-bond acceptors (Lipinski definition) is 1. The quantitative estimate of drug-likeness (QED) is 0.748. The largest absolute Gasteiger partial charge is 0.354 e. The Balaban J connectivity index is 2.39. The van der Waals surface area contributed by atoms with Crippen LogP contribution in [0.2, 0.25) is 0 Å². The zero-order chi connectivity index (χ0) is 12.0. The van der Waals surface area contributed by atoms with E-state index in [0.717, 1.165) is 19.0 Å². The predicted octanol–water partition coefficient (Wildman–Crippen LogP) is 3.42. The highest BCUT2D eigenvalue weighted by molar-refractivity contribution is 5.10. The van der Waals surface area contributed by atoms with Crippen LogP contribution in [0.15, 0.2) is 18.5 Å². The molecule has 1 rings (SSSR count). The third kappa shape index (κ3) is 4.84. The molecule has 1 unspecified atom stereocenters. The van der Waals surface area contributed by atoms with Crippen LogP contribution in [0, 0.1) is 5.92 Å². The van der Waals surface area contributed by atoms with Crippen molar-refractivity contribution in [3.63, 3.8) is 0 Å². The molecule has 0 bridgehead atoms. The fourth-order valence-electron chi connectivity index (χ4n) is 1.97. The van der Waals surface area contributed by atoms with Crippen LogP contribution < -0.4 is 5.32 Å². The van der Waals surface area contributed by atoms with Gasteiger partial charge in [-0.05, 0) is 24.0 Å². The van der Waals surface area contributed by atoms with Crippen molar-refractivity contribution in [2.75, 3.05) is 0 Å². The van der Waals surface area contributed by atoms with E-state index in [9.17, 15) is 0 Å². The second kappa shape index (κ2) is 6.74. The summed E-state index contributed by atoms with van der Waals surface area (Å²) in [5, 5.41) is 3.44. The van der Waals surface area contributed by atoms with Gasteiger partial charge >= 0.3 is 0 Å². The Hall–Kier alpha value is -0.760. The van der Waals surface area contributed by atoms with Gasteiger partial charge in [0, 0.05) is 31.5 Å². The summed E-state index contributed by atoms with van der Waals surface area (Å²) < 4.78 is 2.32. The Bertz CT molecular complexity index is 289. The van der Waals surface area contributed by atoms with Gasteiger partial charge in [0.1, 0.15) is 0 Å². The zero-order valence-corrected chi connectivity index (χ0v) is 11.2. The van der Waals surface area contributed by atoms with E-state index in [4.69, 9.17) is 0 Å². The van der Waals surface area contributed by atoms with Crippen molar-refractivity contribution in [1.29, 1.82) is 0 Å². The summed E-state index contributed by atoms with van der Waals surface area (Å²) in [6.45, 7) is 11.1. The molecule has 2 heteroatoms. The van der Waals surface area contributed by atoms with Gasteiger partial charge in [-0.1, -0.05) is 34.1 Å². The van der Waals surface area contributed by atoms with E-state index in [-0.39, 0.29) is 0 Å². The summed E-state index contributed by atoms with van der Waals surface area (Å²) in [5.41, 5.74) is 1.39. The van der Waals surface area contributed by atoms with E-state index in [1.54, 1.807) is 0 Å². The van der Waals surface area contributed by atoms with Gasteiger partial charge in [-0.15, -0.1) is 0 Å². The lowest BCUT2D eigenvalue weighted by atomic mass is 10.1. The molecule has 1 N–H and O–H groups in total. The average molecular weight is 222 g/mol. The maximum Gasteiger partial charge on any atom is 0.0245 e. The van der Waals surface area contributed by atoms with Crippen molar-refractivity contribution in [2.45, 2.75) is 59.7 Å². The van der Waals surface area contributed by atoms with E-state index < -0.39 is 0 Å². The van der Waals surface area contributed by atoms with Crippen molar-refractivity contribution in [2.24, 2.45) is 5.92 Å². The van der Waals surface area contributed by atoms with Crippen LogP contribution in [0.25, 0.3) is 0 Å². The van der Waals surface area contributed by atoms with Crippen LogP contribution in [0.4, 0.5) is 0 Å². The highest BCUT2D eigenvalue weighted by atomic mass is 15.0. The van der Waals surface area contributed by atoms with Crippen LogP contribution in [-0.2, 0) is 13.1 Å². The molecule has 1 aromatic rings. The molecule has 0 saturated carbocycles. The zero-order valence-electron chi connectivity index (χ0n) is 11.2. The van der Waals surface area contributed by atoms with Gasteiger partial charge in [0.25, 0.3) is 0 Å². The topological polar surface area (TPSA) is 17.0 Å². The minimum absolute atomic E-state index is 0.558. The molecule has 0 aromatic carbocycles. The minimum Gasteiger partial charge on any atom is -0.354 e. The molecule has 16 heavy (non-hydrogen) atoms. The molecule has 1 heterocycles. The van der Waals surface area contributed by atoms with Gasteiger partial charge in [0.05, 0.1) is 0 Å². The van der Waals surface area contributed by atoms with Crippen LogP contribution in [0.5, 0.6) is 0 Å². The number of aromatic nitrogens is 1. The molecule has 0 aliphatic carbocycles. The second-order valence-electron chi connectivity index (χ2n) is 5.15. The molecule has 0 fully saturated rings. The average Bonchev–Trinajstić information content (AvgIpc) is 2.63. The number of nitrogens with zero attached hydrogens (tertiary/aromatic N) is 1. The van der Waals surface area contributed by atoms with Crippen molar-refractivity contribution in [1.82, 2.24) is 9.88 Å². The smallest absolute Gasteiger partial charge is 0.0245 e. The van der Waals surface area contributed by atoms with Crippen molar-refractivity contribution < 1.29 is 0 Å². The Morgan fingerprint density at radius 3 is 2.69 bits per heavy atom. The van der Waals surface area contributed by atoms with E-state index in [0.29, 0.717) is 6.04 Å². The molecule has 0 saturated heterocycles. The number of nitrogens with one attached hydrogen (secondary N) is 1. The van der Waals surface area contributed by atoms with Gasteiger partial charge < -0.3 is 9.88 Å². The summed E-state index contributed by atoms with van der Waals surface area (Å²) >= 11 is 0. The minimum atomic E-state index is 0.558. The summed E-state index contributed by atoms with van der Waals surface area (Å²) in [7, 11) is 0. The molecule has 0 aliphatic heterocycles. The lowest BCUT2D eigenvalue weighted by Gasteiger charge is -2.11. The van der Waals surface area contributed by atoms with Crippen LogP contribution in [0.3, 0.4) is 0 Å². The Morgan fingerprint density at radius 2 is 2.06 bits per heavy atom. The van der Waals surface area contributed by atoms with Crippen molar-refractivity contribution in [3.8, 4) is 0 Å². The number of rotatable bonds is 7. The summed E-state index contributed by atoms with van der Waals surface area (Å²) in [6, 6.07) is 2.77. The first-order valence-corrected chi connectivity index (χ1v) is 6.49. The normalized spacial score (nSPS) is 13.3. The summed E-state index contributed by atoms with van der Waals surface area (Å²) in [6.07, 6.45) is 7.06. The van der Waals surface area contributed by atoms with Crippen LogP contribution in [0.1, 0.15) is 46.1 Å². The highest BCUT2D eigenvalue weighted by Gasteiger charge is 2.03. The monoisotopic (exact) mass is 222 g/mol. The van der Waals surface area contributed by atoms with E-state index >= 15 is 0 Å². The molecule has 2 nitrogen and oxygen atoms in total. The SMILES string of the molecule is CCCC(C)Cn1ccc(CNC(C)C)c1. The summed E-state index contributed by atoms with van der Waals surface area (Å²) in [5.74, 6) is 0.781. The van der Waals surface area contributed by atoms with Gasteiger partial charge in [-0.2, -0.15) is 0 Å². The van der Waals surface area contributed by atoms with Gasteiger partial charge in [-0.25, -0.2) is 0 Å². The third-order valence-corrected chi connectivity index (χ3v) is 2.83. The van der Waals surface area contributed by atoms with Crippen molar-refractivity contribution >= 4 is 0 Å². The molecule has 0 spiro atoms. The standard InChI is InChI=1S/C14H26N2/c1-5-6-13(4)10-16-8-7-14(11-16)9-15-12(2)3/h7-8,11-13,15H,5-6,9-10H2,1-4H3. The maximum atomic E-state index is 3.44. The van der Waals surface area contributed by atoms with Crippen LogP contribution >= 0.6 is 0 Å². The lowest BCUT2D eigenvalue weighted by molar-refractivity contribution is 0.446. The molecule has 0 amide bonds. The second-order valence-corrected chi connectivity index (χ2v) is 5.15. The summed E-state index contributed by atoms with van der Waals surface area (Å²) in [4.78, 5) is 0. The van der Waals surface area contributed by atoms with Gasteiger partial charge in [-0.3, -0.25) is 0 Å². The first-order chi connectivity index (χ1) is 7.61. The molecule has 1 aromatic heterocycles. The maximum absolute atomic E-state index is 3.44. The molecule has 0 aliphatic rings. The first kappa shape index (κ1) is 13.3. The molecule has 0 radical (unpaired) electrons. The molecule has 1 atom stereocenters. The molecule has 92 valence electrons. The van der Waals surface area contributed by atoms with Gasteiger partial charge in [0.15, 0.2) is 0 Å². The predicted molar refractivity (Wildman–Crippen MR) is 70.5 cm³/mol. The fourth-order valence-corrected chi connectivity index (χ4v) is 1.97. The molecular weight excluding hydrogens is 196 g/mol. The van der Waals surface area contributed by atoms with Crippen molar-refractivity contribution in [3.05, 3.63) is 24.0 Å². The molecular formula is C14H26N2. The Kier molecular flexibility index (Phi) is 5.61. The lowest BCUT2D eigenvalue weighted by Crippen LogP contribution is -2.21. The van der Waals surface area contributed by atoms with E-state index in [1.807, 2.05) is 0 Å². The fraction of sp³-hybridized carbons (Fsp3) is 0.714. The van der Waals surface area contributed by atoms with E-state index in [2.05, 4.69) is 56.0 Å². The van der Waals surface area contributed by atoms with Gasteiger partial charge in [0.2, 0.25) is 0 Å². The number of hydrogen-bond donors (Lipinski definition) is 1. The first-order valence-electron chi connectivity index (χ1n) is 6.49.